The van der Waals surface area contributed by atoms with E-state index < -0.39 is 0 Å². The molecule has 20 heavy (non-hydrogen) atoms. The minimum atomic E-state index is 0.314. The van der Waals surface area contributed by atoms with Gasteiger partial charge in [-0.2, -0.15) is 0 Å². The third-order valence-electron chi connectivity index (χ3n) is 4.92. The first-order valence-electron chi connectivity index (χ1n) is 8.27. The molecule has 0 amide bonds. The molecule has 3 nitrogen and oxygen atoms in total. The first-order chi connectivity index (χ1) is 9.18. The minimum Gasteiger partial charge on any atom is -0.377 e. The highest BCUT2D eigenvalue weighted by Gasteiger charge is 2.39. The van der Waals surface area contributed by atoms with Crippen molar-refractivity contribution in [1.82, 2.24) is 10.2 Å². The van der Waals surface area contributed by atoms with Crippen LogP contribution in [0.5, 0.6) is 0 Å². The van der Waals surface area contributed by atoms with Gasteiger partial charge in [-0.25, -0.2) is 0 Å². The maximum atomic E-state index is 5.88. The van der Waals surface area contributed by atoms with Gasteiger partial charge in [-0.1, -0.05) is 41.5 Å². The van der Waals surface area contributed by atoms with Crippen molar-refractivity contribution in [2.45, 2.75) is 72.6 Å². The lowest BCUT2D eigenvalue weighted by molar-refractivity contribution is -0.00783. The highest BCUT2D eigenvalue weighted by molar-refractivity contribution is 4.96. The van der Waals surface area contributed by atoms with Crippen LogP contribution < -0.4 is 5.32 Å². The molecule has 2 heterocycles. The number of rotatable bonds is 2. The summed E-state index contributed by atoms with van der Waals surface area (Å²) in [6, 6.07) is 1.17. The number of hydrogen-bond donors (Lipinski definition) is 1. The van der Waals surface area contributed by atoms with Gasteiger partial charge >= 0.3 is 0 Å². The van der Waals surface area contributed by atoms with Gasteiger partial charge in [0.25, 0.3) is 0 Å². The second-order valence-electron chi connectivity index (χ2n) is 8.80. The van der Waals surface area contributed by atoms with E-state index in [9.17, 15) is 0 Å². The van der Waals surface area contributed by atoms with E-state index in [0.717, 1.165) is 26.2 Å². The maximum absolute atomic E-state index is 5.88. The first kappa shape index (κ1) is 16.3. The SMILES string of the molecule is CC(C)(C)C1CN(CC2CCCO2)C(C(C)(C)C)CN1. The zero-order valence-corrected chi connectivity index (χ0v) is 14.3. The third kappa shape index (κ3) is 3.96. The van der Waals surface area contributed by atoms with E-state index in [-0.39, 0.29) is 0 Å². The smallest absolute Gasteiger partial charge is 0.0702 e. The summed E-state index contributed by atoms with van der Waals surface area (Å²) in [6.45, 7) is 18.4. The van der Waals surface area contributed by atoms with Gasteiger partial charge in [0.1, 0.15) is 0 Å². The van der Waals surface area contributed by atoms with Crippen molar-refractivity contribution in [2.24, 2.45) is 10.8 Å². The summed E-state index contributed by atoms with van der Waals surface area (Å²) in [5.74, 6) is 0. The molecule has 0 aromatic heterocycles. The number of piperazine rings is 1. The maximum Gasteiger partial charge on any atom is 0.0702 e. The molecular formula is C17H34N2O. The van der Waals surface area contributed by atoms with Gasteiger partial charge < -0.3 is 10.1 Å². The second kappa shape index (κ2) is 5.94. The summed E-state index contributed by atoms with van der Waals surface area (Å²) in [7, 11) is 0. The molecule has 0 aromatic rings. The van der Waals surface area contributed by atoms with E-state index in [1.165, 1.54) is 12.8 Å². The summed E-state index contributed by atoms with van der Waals surface area (Å²) in [6.07, 6.45) is 2.93. The van der Waals surface area contributed by atoms with Crippen LogP contribution in [0, 0.1) is 10.8 Å². The Morgan fingerprint density at radius 3 is 2.30 bits per heavy atom. The summed E-state index contributed by atoms with van der Waals surface area (Å²) in [4.78, 5) is 2.70. The van der Waals surface area contributed by atoms with Crippen LogP contribution in [-0.4, -0.2) is 49.3 Å². The summed E-state index contributed by atoms with van der Waals surface area (Å²) in [5, 5.41) is 3.79. The molecule has 0 saturated carbocycles. The molecule has 2 fully saturated rings. The molecule has 0 aliphatic carbocycles. The average Bonchev–Trinajstić information content (AvgIpc) is 2.79. The quantitative estimate of drug-likeness (QED) is 0.843. The molecule has 0 bridgehead atoms. The molecule has 3 unspecified atom stereocenters. The van der Waals surface area contributed by atoms with Crippen molar-refractivity contribution in [3.05, 3.63) is 0 Å². The molecule has 1 N–H and O–H groups in total. The second-order valence-corrected chi connectivity index (χ2v) is 8.80. The van der Waals surface area contributed by atoms with Crippen LogP contribution in [0.1, 0.15) is 54.4 Å². The van der Waals surface area contributed by atoms with Crippen molar-refractivity contribution in [3.63, 3.8) is 0 Å². The Labute approximate surface area is 125 Å². The number of nitrogens with one attached hydrogen (secondary N) is 1. The zero-order chi connectivity index (χ0) is 15.0. The number of ether oxygens (including phenoxy) is 1. The van der Waals surface area contributed by atoms with Gasteiger partial charge in [0, 0.05) is 38.3 Å². The Kier molecular flexibility index (Phi) is 4.83. The lowest BCUT2D eigenvalue weighted by Gasteiger charge is -2.50. The van der Waals surface area contributed by atoms with Gasteiger partial charge in [-0.05, 0) is 23.7 Å². The van der Waals surface area contributed by atoms with Crippen LogP contribution in [0.4, 0.5) is 0 Å². The van der Waals surface area contributed by atoms with E-state index in [1.54, 1.807) is 0 Å². The van der Waals surface area contributed by atoms with Crippen LogP contribution in [0.15, 0.2) is 0 Å². The van der Waals surface area contributed by atoms with Gasteiger partial charge in [0.2, 0.25) is 0 Å². The lowest BCUT2D eigenvalue weighted by Crippen LogP contribution is -2.64. The molecule has 0 spiro atoms. The van der Waals surface area contributed by atoms with Crippen molar-refractivity contribution in [1.29, 1.82) is 0 Å². The summed E-state index contributed by atoms with van der Waals surface area (Å²) >= 11 is 0. The average molecular weight is 282 g/mol. The zero-order valence-electron chi connectivity index (χ0n) is 14.3. The molecule has 2 aliphatic heterocycles. The van der Waals surface area contributed by atoms with Crippen LogP contribution in [-0.2, 0) is 4.74 Å². The van der Waals surface area contributed by atoms with Crippen LogP contribution in [0.2, 0.25) is 0 Å². The monoisotopic (exact) mass is 282 g/mol. The van der Waals surface area contributed by atoms with Crippen LogP contribution in [0.3, 0.4) is 0 Å². The fourth-order valence-electron chi connectivity index (χ4n) is 3.49. The molecular weight excluding hydrogens is 248 g/mol. The largest absolute Gasteiger partial charge is 0.377 e. The topological polar surface area (TPSA) is 24.5 Å². The normalized spacial score (nSPS) is 33.6. The van der Waals surface area contributed by atoms with E-state index in [2.05, 4.69) is 51.8 Å². The van der Waals surface area contributed by atoms with Crippen molar-refractivity contribution in [3.8, 4) is 0 Å². The number of nitrogens with zero attached hydrogens (tertiary/aromatic N) is 1. The predicted octanol–water partition coefficient (Wildman–Crippen LogP) is 2.90. The molecule has 118 valence electrons. The molecule has 2 aliphatic rings. The molecule has 2 saturated heterocycles. The molecule has 3 heteroatoms. The molecule has 0 aromatic carbocycles. The third-order valence-corrected chi connectivity index (χ3v) is 4.92. The van der Waals surface area contributed by atoms with E-state index in [1.807, 2.05) is 0 Å². The van der Waals surface area contributed by atoms with E-state index >= 15 is 0 Å². The molecule has 2 rings (SSSR count). The minimum absolute atomic E-state index is 0.314. The van der Waals surface area contributed by atoms with Crippen molar-refractivity contribution in [2.75, 3.05) is 26.2 Å². The van der Waals surface area contributed by atoms with Gasteiger partial charge in [0.05, 0.1) is 6.10 Å². The van der Waals surface area contributed by atoms with Gasteiger partial charge in [-0.15, -0.1) is 0 Å². The van der Waals surface area contributed by atoms with Crippen LogP contribution in [0.25, 0.3) is 0 Å². The van der Waals surface area contributed by atoms with Gasteiger partial charge in [0.15, 0.2) is 0 Å². The molecule has 0 radical (unpaired) electrons. The fourth-order valence-corrected chi connectivity index (χ4v) is 3.49. The van der Waals surface area contributed by atoms with Crippen molar-refractivity contribution >= 4 is 0 Å². The van der Waals surface area contributed by atoms with Crippen molar-refractivity contribution < 1.29 is 4.74 Å². The Bertz CT molecular complexity index is 310. The fraction of sp³-hybridized carbons (Fsp3) is 1.00. The first-order valence-corrected chi connectivity index (χ1v) is 8.27. The highest BCUT2D eigenvalue weighted by Crippen LogP contribution is 2.31. The van der Waals surface area contributed by atoms with E-state index in [4.69, 9.17) is 4.74 Å². The Balaban J connectivity index is 2.06. The predicted molar refractivity (Wildman–Crippen MR) is 85.0 cm³/mol. The van der Waals surface area contributed by atoms with E-state index in [0.29, 0.717) is 29.0 Å². The number of hydrogen-bond acceptors (Lipinski definition) is 3. The standard InChI is InChI=1S/C17H34N2O/c1-16(2,3)14-12-19(11-13-8-7-9-20-13)15(10-18-14)17(4,5)6/h13-15,18H,7-12H2,1-6H3. The molecule has 3 atom stereocenters. The summed E-state index contributed by atoms with van der Waals surface area (Å²) < 4.78 is 5.88. The highest BCUT2D eigenvalue weighted by atomic mass is 16.5. The van der Waals surface area contributed by atoms with Crippen LogP contribution >= 0.6 is 0 Å². The summed E-state index contributed by atoms with van der Waals surface area (Å²) in [5.41, 5.74) is 0.631. The van der Waals surface area contributed by atoms with Gasteiger partial charge in [-0.3, -0.25) is 4.90 Å². The Morgan fingerprint density at radius 2 is 1.80 bits per heavy atom. The lowest BCUT2D eigenvalue weighted by atomic mass is 9.79. The Hall–Kier alpha value is -0.120. The Morgan fingerprint density at radius 1 is 1.10 bits per heavy atom.